The van der Waals surface area contributed by atoms with E-state index in [1.165, 1.54) is 10.4 Å². The van der Waals surface area contributed by atoms with Crippen molar-refractivity contribution < 1.29 is 13.2 Å². The van der Waals surface area contributed by atoms with Crippen molar-refractivity contribution in [3.63, 3.8) is 0 Å². The number of carbonyl (C=O) groups excluding carboxylic acids is 1. The largest absolute Gasteiger partial charge is 0.352 e. The molecule has 2 rings (SSSR count). The van der Waals surface area contributed by atoms with Crippen LogP contribution in [0.1, 0.15) is 49.9 Å². The summed E-state index contributed by atoms with van der Waals surface area (Å²) in [5.74, 6) is 0.294. The van der Waals surface area contributed by atoms with Gasteiger partial charge in [0.25, 0.3) is 5.91 Å². The van der Waals surface area contributed by atoms with Crippen LogP contribution >= 0.6 is 0 Å². The molecule has 1 heterocycles. The third kappa shape index (κ3) is 4.78. The van der Waals surface area contributed by atoms with Crippen LogP contribution in [0.25, 0.3) is 0 Å². The second-order valence-electron chi connectivity index (χ2n) is 6.43. The first-order valence-corrected chi connectivity index (χ1v) is 9.73. The number of hydrogen-bond acceptors (Lipinski definition) is 3. The third-order valence-corrected chi connectivity index (χ3v) is 5.95. The topological polar surface area (TPSA) is 66.5 Å². The fraction of sp³-hybridized carbons (Fsp3) is 0.588. The Hall–Kier alpha value is -1.40. The molecule has 0 radical (unpaired) electrons. The van der Waals surface area contributed by atoms with Crippen LogP contribution in [0.15, 0.2) is 29.2 Å². The molecule has 0 bridgehead atoms. The first kappa shape index (κ1) is 17.9. The van der Waals surface area contributed by atoms with E-state index in [1.807, 2.05) is 0 Å². The molecule has 6 heteroatoms. The number of piperidine rings is 1. The van der Waals surface area contributed by atoms with Crippen molar-refractivity contribution in [3.05, 3.63) is 29.8 Å². The molecule has 1 N–H and O–H groups in total. The van der Waals surface area contributed by atoms with Gasteiger partial charge in [-0.3, -0.25) is 4.79 Å². The Balaban J connectivity index is 2.11. The van der Waals surface area contributed by atoms with Crippen molar-refractivity contribution in [1.29, 1.82) is 0 Å². The summed E-state index contributed by atoms with van der Waals surface area (Å²) in [5.41, 5.74) is 0.395. The van der Waals surface area contributed by atoms with Crippen molar-refractivity contribution in [1.82, 2.24) is 9.62 Å². The maximum atomic E-state index is 12.7. The molecule has 0 saturated carbocycles. The highest BCUT2D eigenvalue weighted by Crippen LogP contribution is 2.21. The third-order valence-electron chi connectivity index (χ3n) is 4.06. The number of benzene rings is 1. The number of sulfonamides is 1. The van der Waals surface area contributed by atoms with Crippen molar-refractivity contribution in [2.24, 2.45) is 5.92 Å². The Labute approximate surface area is 139 Å². The van der Waals surface area contributed by atoms with Gasteiger partial charge in [-0.2, -0.15) is 4.31 Å². The maximum absolute atomic E-state index is 12.7. The molecule has 1 aromatic carbocycles. The smallest absolute Gasteiger partial charge is 0.251 e. The summed E-state index contributed by atoms with van der Waals surface area (Å²) in [5, 5.41) is 2.84. The number of nitrogens with one attached hydrogen (secondary N) is 1. The lowest BCUT2D eigenvalue weighted by Crippen LogP contribution is -2.35. The molecule has 23 heavy (non-hydrogen) atoms. The van der Waals surface area contributed by atoms with Gasteiger partial charge in [0, 0.05) is 25.2 Å². The average Bonchev–Trinajstić information content (AvgIpc) is 2.55. The summed E-state index contributed by atoms with van der Waals surface area (Å²) in [6.07, 6.45) is 3.77. The summed E-state index contributed by atoms with van der Waals surface area (Å²) >= 11 is 0. The van der Waals surface area contributed by atoms with Gasteiger partial charge in [0.15, 0.2) is 0 Å². The van der Waals surface area contributed by atoms with Gasteiger partial charge in [0.05, 0.1) is 4.90 Å². The molecule has 1 aliphatic heterocycles. The number of amides is 1. The molecular weight excluding hydrogens is 312 g/mol. The molecule has 0 spiro atoms. The fourth-order valence-electron chi connectivity index (χ4n) is 2.63. The Bertz CT molecular complexity index is 635. The van der Waals surface area contributed by atoms with Crippen LogP contribution in [0.4, 0.5) is 0 Å². The maximum Gasteiger partial charge on any atom is 0.251 e. The van der Waals surface area contributed by atoms with E-state index < -0.39 is 10.0 Å². The van der Waals surface area contributed by atoms with Gasteiger partial charge in [0.1, 0.15) is 0 Å². The number of rotatable bonds is 6. The average molecular weight is 338 g/mol. The lowest BCUT2D eigenvalue weighted by atomic mass is 10.1. The van der Waals surface area contributed by atoms with Gasteiger partial charge in [0.2, 0.25) is 10.0 Å². The molecule has 1 aromatic rings. The molecule has 1 aliphatic rings. The number of carbonyl (C=O) groups is 1. The zero-order valence-corrected chi connectivity index (χ0v) is 14.7. The van der Waals surface area contributed by atoms with Crippen molar-refractivity contribution in [2.45, 2.75) is 44.4 Å². The summed E-state index contributed by atoms with van der Waals surface area (Å²) in [7, 11) is -3.50. The van der Waals surface area contributed by atoms with E-state index in [-0.39, 0.29) is 10.8 Å². The molecular formula is C17H26N2O3S. The van der Waals surface area contributed by atoms with E-state index in [4.69, 9.17) is 0 Å². The predicted octanol–water partition coefficient (Wildman–Crippen LogP) is 2.64. The van der Waals surface area contributed by atoms with Crippen molar-refractivity contribution in [2.75, 3.05) is 19.6 Å². The Kier molecular flexibility index (Phi) is 6.18. The second kappa shape index (κ2) is 7.93. The van der Waals surface area contributed by atoms with Gasteiger partial charge in [-0.25, -0.2) is 8.42 Å². The first-order valence-electron chi connectivity index (χ1n) is 8.29. The van der Waals surface area contributed by atoms with Crippen LogP contribution in [-0.4, -0.2) is 38.3 Å². The monoisotopic (exact) mass is 338 g/mol. The van der Waals surface area contributed by atoms with E-state index in [0.29, 0.717) is 31.1 Å². The molecule has 128 valence electrons. The highest BCUT2D eigenvalue weighted by molar-refractivity contribution is 7.89. The van der Waals surface area contributed by atoms with Crippen LogP contribution in [0.5, 0.6) is 0 Å². The molecule has 0 aliphatic carbocycles. The van der Waals surface area contributed by atoms with Gasteiger partial charge in [-0.1, -0.05) is 26.3 Å². The fourth-order valence-corrected chi connectivity index (χ4v) is 4.19. The van der Waals surface area contributed by atoms with Gasteiger partial charge in [-0.05, 0) is 43.4 Å². The zero-order chi connectivity index (χ0) is 16.9. The van der Waals surface area contributed by atoms with E-state index in [9.17, 15) is 13.2 Å². The van der Waals surface area contributed by atoms with Gasteiger partial charge >= 0.3 is 0 Å². The van der Waals surface area contributed by atoms with E-state index in [0.717, 1.165) is 25.7 Å². The second-order valence-corrected chi connectivity index (χ2v) is 8.37. The predicted molar refractivity (Wildman–Crippen MR) is 90.8 cm³/mol. The minimum absolute atomic E-state index is 0.205. The summed E-state index contributed by atoms with van der Waals surface area (Å²) in [6, 6.07) is 6.33. The molecule has 1 saturated heterocycles. The SMILES string of the molecule is CC(C)CCNC(=O)c1cccc(S(=O)(=O)N2CCCCC2)c1. The molecule has 1 fully saturated rings. The Morgan fingerprint density at radius 1 is 1.22 bits per heavy atom. The Morgan fingerprint density at radius 2 is 1.91 bits per heavy atom. The van der Waals surface area contributed by atoms with E-state index >= 15 is 0 Å². The van der Waals surface area contributed by atoms with E-state index in [2.05, 4.69) is 19.2 Å². The van der Waals surface area contributed by atoms with Crippen molar-refractivity contribution in [3.8, 4) is 0 Å². The highest BCUT2D eigenvalue weighted by atomic mass is 32.2. The molecule has 1 amide bonds. The quantitative estimate of drug-likeness (QED) is 0.867. The molecule has 0 aromatic heterocycles. The number of hydrogen-bond donors (Lipinski definition) is 1. The van der Waals surface area contributed by atoms with Crippen molar-refractivity contribution >= 4 is 15.9 Å². The van der Waals surface area contributed by atoms with Gasteiger partial charge in [-0.15, -0.1) is 0 Å². The van der Waals surface area contributed by atoms with Crippen LogP contribution in [0, 0.1) is 5.92 Å². The lowest BCUT2D eigenvalue weighted by Gasteiger charge is -2.26. The molecule has 0 unspecified atom stereocenters. The summed E-state index contributed by atoms with van der Waals surface area (Å²) < 4.78 is 26.8. The highest BCUT2D eigenvalue weighted by Gasteiger charge is 2.26. The summed E-state index contributed by atoms with van der Waals surface area (Å²) in [4.78, 5) is 12.4. The lowest BCUT2D eigenvalue weighted by molar-refractivity contribution is 0.0952. The van der Waals surface area contributed by atoms with Crippen LogP contribution in [0.2, 0.25) is 0 Å². The molecule has 0 atom stereocenters. The first-order chi connectivity index (χ1) is 10.9. The van der Waals surface area contributed by atoms with Gasteiger partial charge < -0.3 is 5.32 Å². The Morgan fingerprint density at radius 3 is 2.57 bits per heavy atom. The minimum Gasteiger partial charge on any atom is -0.352 e. The van der Waals surface area contributed by atoms with Crippen LogP contribution < -0.4 is 5.32 Å². The standard InChI is InChI=1S/C17H26N2O3S/c1-14(2)9-10-18-17(20)15-7-6-8-16(13-15)23(21,22)19-11-4-3-5-12-19/h6-8,13-14H,3-5,9-12H2,1-2H3,(H,18,20). The number of nitrogens with zero attached hydrogens (tertiary/aromatic N) is 1. The minimum atomic E-state index is -3.50. The summed E-state index contributed by atoms with van der Waals surface area (Å²) in [6.45, 7) is 5.91. The van der Waals surface area contributed by atoms with E-state index in [1.54, 1.807) is 18.2 Å². The normalized spacial score (nSPS) is 16.5. The zero-order valence-electron chi connectivity index (χ0n) is 13.9. The van der Waals surface area contributed by atoms with Crippen LogP contribution in [0.3, 0.4) is 0 Å². The van der Waals surface area contributed by atoms with Crippen LogP contribution in [-0.2, 0) is 10.0 Å². The molecule has 5 nitrogen and oxygen atoms in total.